The van der Waals surface area contributed by atoms with Gasteiger partial charge in [0.2, 0.25) is 0 Å². The summed E-state index contributed by atoms with van der Waals surface area (Å²) in [6, 6.07) is 9.65. The third-order valence-electron chi connectivity index (χ3n) is 3.67. The number of benzene rings is 1. The van der Waals surface area contributed by atoms with E-state index in [1.165, 1.54) is 0 Å². The summed E-state index contributed by atoms with van der Waals surface area (Å²) in [4.78, 5) is 11.7. The summed E-state index contributed by atoms with van der Waals surface area (Å²) in [5.41, 5.74) is 2.04. The van der Waals surface area contributed by atoms with Crippen LogP contribution in [-0.2, 0) is 11.3 Å². The van der Waals surface area contributed by atoms with E-state index in [0.717, 1.165) is 30.7 Å². The maximum Gasteiger partial charge on any atom is 0.315 e. The lowest BCUT2D eigenvalue weighted by Crippen LogP contribution is -2.39. The van der Waals surface area contributed by atoms with E-state index in [1.54, 1.807) is 10.9 Å². The molecule has 0 unspecified atom stereocenters. The Labute approximate surface area is 129 Å². The summed E-state index contributed by atoms with van der Waals surface area (Å²) >= 11 is 0. The molecule has 1 atom stereocenters. The van der Waals surface area contributed by atoms with Crippen molar-refractivity contribution >= 4 is 6.03 Å². The van der Waals surface area contributed by atoms with Crippen molar-refractivity contribution in [1.29, 1.82) is 0 Å². The maximum atomic E-state index is 11.7. The van der Waals surface area contributed by atoms with Crippen LogP contribution in [-0.4, -0.2) is 35.1 Å². The normalized spacial score (nSPS) is 17.4. The van der Waals surface area contributed by atoms with Gasteiger partial charge in [-0.2, -0.15) is 5.10 Å². The number of hydrogen-bond acceptors (Lipinski definition) is 3. The predicted molar refractivity (Wildman–Crippen MR) is 82.8 cm³/mol. The van der Waals surface area contributed by atoms with Gasteiger partial charge in [0, 0.05) is 32.1 Å². The van der Waals surface area contributed by atoms with E-state index in [9.17, 15) is 4.79 Å². The average molecular weight is 300 g/mol. The second-order valence-corrected chi connectivity index (χ2v) is 5.32. The minimum absolute atomic E-state index is 0.161. The number of rotatable bonds is 5. The molecule has 1 aliphatic heterocycles. The zero-order chi connectivity index (χ0) is 15.2. The minimum Gasteiger partial charge on any atom is -0.376 e. The molecule has 0 radical (unpaired) electrons. The Hall–Kier alpha value is -2.34. The van der Waals surface area contributed by atoms with Crippen molar-refractivity contribution in [3.05, 3.63) is 48.3 Å². The van der Waals surface area contributed by atoms with Crippen LogP contribution in [0.25, 0.3) is 5.69 Å². The molecule has 2 heterocycles. The zero-order valence-corrected chi connectivity index (χ0v) is 12.4. The van der Waals surface area contributed by atoms with E-state index in [4.69, 9.17) is 4.74 Å². The highest BCUT2D eigenvalue weighted by Gasteiger charge is 2.15. The Balaban J connectivity index is 1.43. The Morgan fingerprint density at radius 3 is 2.86 bits per heavy atom. The molecule has 0 aliphatic carbocycles. The van der Waals surface area contributed by atoms with Gasteiger partial charge in [0.1, 0.15) is 0 Å². The first-order valence-corrected chi connectivity index (χ1v) is 7.53. The van der Waals surface area contributed by atoms with Crippen LogP contribution < -0.4 is 10.6 Å². The van der Waals surface area contributed by atoms with E-state index in [2.05, 4.69) is 15.7 Å². The first kappa shape index (κ1) is 14.6. The lowest BCUT2D eigenvalue weighted by Gasteiger charge is -2.12. The Bertz CT molecular complexity index is 589. The summed E-state index contributed by atoms with van der Waals surface area (Å²) < 4.78 is 7.26. The topological polar surface area (TPSA) is 68.2 Å². The highest BCUT2D eigenvalue weighted by molar-refractivity contribution is 5.73. The molecular formula is C16H20N4O2. The predicted octanol–water partition coefficient (Wildman–Crippen LogP) is 1.85. The van der Waals surface area contributed by atoms with Crippen LogP contribution in [0.15, 0.2) is 42.7 Å². The van der Waals surface area contributed by atoms with Gasteiger partial charge >= 0.3 is 6.03 Å². The van der Waals surface area contributed by atoms with Crippen LogP contribution in [0.4, 0.5) is 4.79 Å². The van der Waals surface area contributed by atoms with Gasteiger partial charge in [-0.15, -0.1) is 0 Å². The average Bonchev–Trinajstić information content (AvgIpc) is 3.24. The molecule has 1 saturated heterocycles. The fourth-order valence-corrected chi connectivity index (χ4v) is 2.44. The standard InChI is InChI=1S/C16H20N4O2/c21-16(18-12-15-3-1-10-22-15)17-11-13-4-6-14(7-5-13)20-9-2-8-19-20/h2,4-9,15H,1,3,10-12H2,(H2,17,18,21)/t15-/m0/s1. The quantitative estimate of drug-likeness (QED) is 0.885. The maximum absolute atomic E-state index is 11.7. The molecule has 2 aromatic rings. The van der Waals surface area contributed by atoms with Gasteiger partial charge in [-0.3, -0.25) is 0 Å². The lowest BCUT2D eigenvalue weighted by molar-refractivity contribution is 0.111. The molecule has 6 heteroatoms. The van der Waals surface area contributed by atoms with E-state index in [-0.39, 0.29) is 12.1 Å². The summed E-state index contributed by atoms with van der Waals surface area (Å²) in [5, 5.41) is 9.87. The van der Waals surface area contributed by atoms with Crippen LogP contribution >= 0.6 is 0 Å². The highest BCUT2D eigenvalue weighted by Crippen LogP contribution is 2.10. The SMILES string of the molecule is O=C(NCc1ccc(-n2cccn2)cc1)NC[C@@H]1CCCO1. The van der Waals surface area contributed by atoms with Crippen molar-refractivity contribution in [3.8, 4) is 5.69 Å². The van der Waals surface area contributed by atoms with Crippen molar-refractivity contribution in [2.24, 2.45) is 0 Å². The fraction of sp³-hybridized carbons (Fsp3) is 0.375. The monoisotopic (exact) mass is 300 g/mol. The smallest absolute Gasteiger partial charge is 0.315 e. The molecule has 116 valence electrons. The van der Waals surface area contributed by atoms with Gasteiger partial charge in [-0.1, -0.05) is 12.1 Å². The first-order valence-electron chi connectivity index (χ1n) is 7.53. The number of carbonyl (C=O) groups is 1. The molecule has 1 aromatic heterocycles. The minimum atomic E-state index is -0.161. The Morgan fingerprint density at radius 2 is 2.18 bits per heavy atom. The van der Waals surface area contributed by atoms with Crippen molar-refractivity contribution in [2.45, 2.75) is 25.5 Å². The molecule has 2 amide bonds. The second kappa shape index (κ2) is 7.09. The van der Waals surface area contributed by atoms with E-state index < -0.39 is 0 Å². The van der Waals surface area contributed by atoms with Crippen LogP contribution in [0.5, 0.6) is 0 Å². The molecule has 22 heavy (non-hydrogen) atoms. The highest BCUT2D eigenvalue weighted by atomic mass is 16.5. The first-order chi connectivity index (χ1) is 10.8. The molecule has 0 bridgehead atoms. The van der Waals surface area contributed by atoms with Gasteiger partial charge in [-0.25, -0.2) is 9.48 Å². The summed E-state index contributed by atoms with van der Waals surface area (Å²) in [6.45, 7) is 1.87. The molecule has 0 saturated carbocycles. The van der Waals surface area contributed by atoms with Gasteiger partial charge < -0.3 is 15.4 Å². The largest absolute Gasteiger partial charge is 0.376 e. The van der Waals surface area contributed by atoms with E-state index in [0.29, 0.717) is 13.1 Å². The lowest BCUT2D eigenvalue weighted by atomic mass is 10.2. The van der Waals surface area contributed by atoms with Gasteiger partial charge in [0.15, 0.2) is 0 Å². The molecule has 1 fully saturated rings. The molecule has 3 rings (SSSR count). The van der Waals surface area contributed by atoms with Crippen LogP contribution in [0.2, 0.25) is 0 Å². The van der Waals surface area contributed by atoms with Crippen molar-refractivity contribution in [1.82, 2.24) is 20.4 Å². The van der Waals surface area contributed by atoms with Crippen LogP contribution in [0, 0.1) is 0 Å². The number of nitrogens with one attached hydrogen (secondary N) is 2. The number of hydrogen-bond donors (Lipinski definition) is 2. The number of nitrogens with zero attached hydrogens (tertiary/aromatic N) is 2. The second-order valence-electron chi connectivity index (χ2n) is 5.32. The van der Waals surface area contributed by atoms with E-state index >= 15 is 0 Å². The van der Waals surface area contributed by atoms with Crippen molar-refractivity contribution in [2.75, 3.05) is 13.2 Å². The molecule has 1 aliphatic rings. The third-order valence-corrected chi connectivity index (χ3v) is 3.67. The van der Waals surface area contributed by atoms with Crippen molar-refractivity contribution < 1.29 is 9.53 Å². The summed E-state index contributed by atoms with van der Waals surface area (Å²) in [7, 11) is 0. The molecule has 1 aromatic carbocycles. The van der Waals surface area contributed by atoms with Gasteiger partial charge in [0.25, 0.3) is 0 Å². The fourth-order valence-electron chi connectivity index (χ4n) is 2.44. The molecular weight excluding hydrogens is 280 g/mol. The summed E-state index contributed by atoms with van der Waals surface area (Å²) in [6.07, 6.45) is 5.91. The van der Waals surface area contributed by atoms with Crippen molar-refractivity contribution in [3.63, 3.8) is 0 Å². The Morgan fingerprint density at radius 1 is 1.32 bits per heavy atom. The number of carbonyl (C=O) groups excluding carboxylic acids is 1. The van der Waals surface area contributed by atoms with Crippen LogP contribution in [0.1, 0.15) is 18.4 Å². The summed E-state index contributed by atoms with van der Waals surface area (Å²) in [5.74, 6) is 0. The number of urea groups is 1. The van der Waals surface area contributed by atoms with Gasteiger partial charge in [0.05, 0.1) is 11.8 Å². The number of ether oxygens (including phenoxy) is 1. The zero-order valence-electron chi connectivity index (χ0n) is 12.4. The molecule has 0 spiro atoms. The van der Waals surface area contributed by atoms with E-state index in [1.807, 2.05) is 36.5 Å². The number of amides is 2. The van der Waals surface area contributed by atoms with Gasteiger partial charge in [-0.05, 0) is 36.6 Å². The molecule has 6 nitrogen and oxygen atoms in total. The third kappa shape index (κ3) is 3.85. The number of aromatic nitrogens is 2. The Kier molecular flexibility index (Phi) is 4.70. The molecule has 2 N–H and O–H groups in total. The van der Waals surface area contributed by atoms with Crippen LogP contribution in [0.3, 0.4) is 0 Å².